The Bertz CT molecular complexity index is 318. The van der Waals surface area contributed by atoms with Crippen LogP contribution in [0.1, 0.15) is 31.9 Å². The van der Waals surface area contributed by atoms with E-state index >= 15 is 0 Å². The van der Waals surface area contributed by atoms with Gasteiger partial charge in [-0.25, -0.2) is 0 Å². The minimum Gasteiger partial charge on any atom is -0.374 e. The maximum Gasteiger partial charge on any atom is 0.0874 e. The lowest BCUT2D eigenvalue weighted by Gasteiger charge is -2.26. The lowest BCUT2D eigenvalue weighted by molar-refractivity contribution is 0.0184. The van der Waals surface area contributed by atoms with E-state index in [4.69, 9.17) is 10.5 Å². The molecule has 0 bridgehead atoms. The quantitative estimate of drug-likeness (QED) is 0.823. The van der Waals surface area contributed by atoms with E-state index in [1.165, 1.54) is 11.1 Å². The summed E-state index contributed by atoms with van der Waals surface area (Å²) in [5.74, 6) is 0. The predicted molar refractivity (Wildman–Crippen MR) is 63.8 cm³/mol. The van der Waals surface area contributed by atoms with E-state index in [1.807, 2.05) is 19.1 Å². The van der Waals surface area contributed by atoms with E-state index in [0.717, 1.165) is 6.42 Å². The molecule has 2 nitrogen and oxygen atoms in total. The second-order valence-corrected chi connectivity index (χ2v) is 4.55. The standard InChI is InChI=1S/C13H21NO/c1-10(14)9-11-7-5-6-8-12(11)13(2,3)15-4/h5-8,10H,9,14H2,1-4H3. The molecule has 1 rings (SSSR count). The van der Waals surface area contributed by atoms with Crippen LogP contribution in [0.3, 0.4) is 0 Å². The number of hydrogen-bond donors (Lipinski definition) is 1. The van der Waals surface area contributed by atoms with Crippen molar-refractivity contribution in [1.82, 2.24) is 0 Å². The zero-order valence-corrected chi connectivity index (χ0v) is 10.1. The van der Waals surface area contributed by atoms with Crippen molar-refractivity contribution in [2.75, 3.05) is 7.11 Å². The zero-order chi connectivity index (χ0) is 11.5. The fourth-order valence-corrected chi connectivity index (χ4v) is 1.74. The number of methoxy groups -OCH3 is 1. The fourth-order valence-electron chi connectivity index (χ4n) is 1.74. The molecular formula is C13H21NO. The smallest absolute Gasteiger partial charge is 0.0874 e. The van der Waals surface area contributed by atoms with Gasteiger partial charge in [-0.05, 0) is 38.3 Å². The average molecular weight is 207 g/mol. The summed E-state index contributed by atoms with van der Waals surface area (Å²) in [7, 11) is 1.74. The summed E-state index contributed by atoms with van der Waals surface area (Å²) in [4.78, 5) is 0. The summed E-state index contributed by atoms with van der Waals surface area (Å²) in [5.41, 5.74) is 8.10. The van der Waals surface area contributed by atoms with Gasteiger partial charge in [0.2, 0.25) is 0 Å². The van der Waals surface area contributed by atoms with Crippen LogP contribution in [0.4, 0.5) is 0 Å². The summed E-state index contributed by atoms with van der Waals surface area (Å²) >= 11 is 0. The highest BCUT2D eigenvalue weighted by molar-refractivity contribution is 5.32. The minimum absolute atomic E-state index is 0.179. The molecule has 84 valence electrons. The number of benzene rings is 1. The Balaban J connectivity index is 3.06. The molecule has 1 aromatic carbocycles. The molecule has 0 heterocycles. The molecule has 1 aromatic rings. The summed E-state index contributed by atoms with van der Waals surface area (Å²) in [6.07, 6.45) is 0.892. The molecule has 0 radical (unpaired) electrons. The summed E-state index contributed by atoms with van der Waals surface area (Å²) in [6, 6.07) is 8.51. The van der Waals surface area contributed by atoms with Gasteiger partial charge in [-0.2, -0.15) is 0 Å². The van der Waals surface area contributed by atoms with Crippen LogP contribution in [0, 0.1) is 0 Å². The van der Waals surface area contributed by atoms with E-state index in [0.29, 0.717) is 0 Å². The molecule has 1 atom stereocenters. The molecule has 0 aliphatic heterocycles. The molecule has 0 amide bonds. The van der Waals surface area contributed by atoms with Crippen molar-refractivity contribution in [3.8, 4) is 0 Å². The minimum atomic E-state index is -0.245. The van der Waals surface area contributed by atoms with Crippen LogP contribution in [0.2, 0.25) is 0 Å². The third kappa shape index (κ3) is 3.05. The van der Waals surface area contributed by atoms with Gasteiger partial charge >= 0.3 is 0 Å². The Morgan fingerprint density at radius 3 is 2.47 bits per heavy atom. The second kappa shape index (κ2) is 4.77. The maximum atomic E-state index is 5.84. The molecule has 0 spiro atoms. The Morgan fingerprint density at radius 1 is 1.33 bits per heavy atom. The van der Waals surface area contributed by atoms with Crippen molar-refractivity contribution in [2.45, 2.75) is 38.8 Å². The van der Waals surface area contributed by atoms with Crippen LogP contribution in [0.25, 0.3) is 0 Å². The van der Waals surface area contributed by atoms with Crippen LogP contribution in [-0.2, 0) is 16.8 Å². The monoisotopic (exact) mass is 207 g/mol. The Labute approximate surface area is 92.4 Å². The highest BCUT2D eigenvalue weighted by Crippen LogP contribution is 2.27. The van der Waals surface area contributed by atoms with Crippen molar-refractivity contribution in [2.24, 2.45) is 5.73 Å². The number of ether oxygens (including phenoxy) is 1. The van der Waals surface area contributed by atoms with Crippen molar-refractivity contribution in [1.29, 1.82) is 0 Å². The van der Waals surface area contributed by atoms with Gasteiger partial charge < -0.3 is 10.5 Å². The highest BCUT2D eigenvalue weighted by atomic mass is 16.5. The SMILES string of the molecule is COC(C)(C)c1ccccc1CC(C)N. The van der Waals surface area contributed by atoms with Gasteiger partial charge in [0.25, 0.3) is 0 Å². The number of nitrogens with two attached hydrogens (primary N) is 1. The van der Waals surface area contributed by atoms with Crippen LogP contribution >= 0.6 is 0 Å². The van der Waals surface area contributed by atoms with Gasteiger partial charge in [0, 0.05) is 13.2 Å². The van der Waals surface area contributed by atoms with Gasteiger partial charge in [-0.3, -0.25) is 0 Å². The fraction of sp³-hybridized carbons (Fsp3) is 0.538. The summed E-state index contributed by atoms with van der Waals surface area (Å²) in [5, 5.41) is 0. The third-order valence-electron chi connectivity index (χ3n) is 2.72. The number of hydrogen-bond acceptors (Lipinski definition) is 2. The number of rotatable bonds is 4. The third-order valence-corrected chi connectivity index (χ3v) is 2.72. The van der Waals surface area contributed by atoms with Gasteiger partial charge in [0.05, 0.1) is 5.60 Å². The summed E-state index contributed by atoms with van der Waals surface area (Å²) < 4.78 is 5.51. The van der Waals surface area contributed by atoms with Crippen molar-refractivity contribution in [3.05, 3.63) is 35.4 Å². The molecule has 15 heavy (non-hydrogen) atoms. The molecule has 0 aliphatic rings. The van der Waals surface area contributed by atoms with E-state index in [2.05, 4.69) is 26.0 Å². The molecule has 0 saturated carbocycles. The first-order valence-electron chi connectivity index (χ1n) is 5.36. The Kier molecular flexibility index (Phi) is 3.89. The van der Waals surface area contributed by atoms with E-state index in [-0.39, 0.29) is 11.6 Å². The van der Waals surface area contributed by atoms with E-state index in [9.17, 15) is 0 Å². The van der Waals surface area contributed by atoms with Crippen molar-refractivity contribution < 1.29 is 4.74 Å². The van der Waals surface area contributed by atoms with Crippen molar-refractivity contribution in [3.63, 3.8) is 0 Å². The van der Waals surface area contributed by atoms with Gasteiger partial charge in [-0.1, -0.05) is 24.3 Å². The van der Waals surface area contributed by atoms with Crippen molar-refractivity contribution >= 4 is 0 Å². The van der Waals surface area contributed by atoms with Crippen LogP contribution < -0.4 is 5.73 Å². The maximum absolute atomic E-state index is 5.84. The second-order valence-electron chi connectivity index (χ2n) is 4.55. The molecule has 2 N–H and O–H groups in total. The van der Waals surface area contributed by atoms with Crippen LogP contribution in [-0.4, -0.2) is 13.2 Å². The van der Waals surface area contributed by atoms with E-state index < -0.39 is 0 Å². The molecular weight excluding hydrogens is 186 g/mol. The molecule has 0 aromatic heterocycles. The Hall–Kier alpha value is -0.860. The van der Waals surface area contributed by atoms with Gasteiger partial charge in [-0.15, -0.1) is 0 Å². The zero-order valence-electron chi connectivity index (χ0n) is 10.1. The first-order chi connectivity index (χ1) is 6.97. The normalized spacial score (nSPS) is 13.9. The Morgan fingerprint density at radius 2 is 1.93 bits per heavy atom. The average Bonchev–Trinajstić information content (AvgIpc) is 2.17. The molecule has 2 heteroatoms. The first kappa shape index (κ1) is 12.2. The lowest BCUT2D eigenvalue weighted by Crippen LogP contribution is -2.25. The highest BCUT2D eigenvalue weighted by Gasteiger charge is 2.22. The topological polar surface area (TPSA) is 35.2 Å². The van der Waals surface area contributed by atoms with Crippen LogP contribution in [0.15, 0.2) is 24.3 Å². The lowest BCUT2D eigenvalue weighted by atomic mass is 9.90. The van der Waals surface area contributed by atoms with E-state index in [1.54, 1.807) is 7.11 Å². The first-order valence-corrected chi connectivity index (χ1v) is 5.36. The van der Waals surface area contributed by atoms with Crippen LogP contribution in [0.5, 0.6) is 0 Å². The predicted octanol–water partition coefficient (Wildman–Crippen LogP) is 2.46. The molecule has 1 unspecified atom stereocenters. The molecule has 0 fully saturated rings. The summed E-state index contributed by atoms with van der Waals surface area (Å²) in [6.45, 7) is 6.18. The molecule has 0 saturated heterocycles. The van der Waals surface area contributed by atoms with Gasteiger partial charge in [0.15, 0.2) is 0 Å². The van der Waals surface area contributed by atoms with Gasteiger partial charge in [0.1, 0.15) is 0 Å². The molecule has 0 aliphatic carbocycles. The largest absolute Gasteiger partial charge is 0.374 e.